The Morgan fingerprint density at radius 2 is 2.04 bits per heavy atom. The molecule has 0 N–H and O–H groups in total. The first-order valence-corrected chi connectivity index (χ1v) is 10.1. The Morgan fingerprint density at radius 1 is 1.22 bits per heavy atom. The number of anilines is 1. The average Bonchev–Trinajstić information content (AvgIpc) is 3.23. The van der Waals surface area contributed by atoms with Crippen LogP contribution in [0.5, 0.6) is 0 Å². The molecule has 3 aromatic heterocycles. The Morgan fingerprint density at radius 3 is 2.67 bits per heavy atom. The molecule has 0 aromatic carbocycles. The van der Waals surface area contributed by atoms with Crippen LogP contribution >= 0.6 is 11.3 Å². The molecule has 1 aliphatic rings. The van der Waals surface area contributed by atoms with E-state index in [9.17, 15) is 17.2 Å². The van der Waals surface area contributed by atoms with Gasteiger partial charge in [-0.2, -0.15) is 8.78 Å². The number of aromatic nitrogens is 5. The molecule has 0 atom stereocenters. The van der Waals surface area contributed by atoms with Gasteiger partial charge in [0.25, 0.3) is 11.8 Å². The van der Waals surface area contributed by atoms with Crippen LogP contribution in [0.15, 0.2) is 29.2 Å². The van der Waals surface area contributed by atoms with Crippen LogP contribution in [0, 0.1) is 0 Å². The largest absolute Gasteiger partial charge is 0.414 e. The average molecular weight is 414 g/mol. The number of halogens is 2. The number of hydrogen-bond acceptors (Lipinski definition) is 9. The van der Waals surface area contributed by atoms with Gasteiger partial charge in [-0.25, -0.2) is 22.7 Å². The molecule has 0 bridgehead atoms. The third-order valence-corrected chi connectivity index (χ3v) is 6.94. The zero-order chi connectivity index (χ0) is 19.0. The maximum absolute atomic E-state index is 12.8. The van der Waals surface area contributed by atoms with E-state index >= 15 is 0 Å². The van der Waals surface area contributed by atoms with Crippen molar-refractivity contribution in [2.75, 3.05) is 4.31 Å². The highest BCUT2D eigenvalue weighted by Gasteiger charge is 2.41. The van der Waals surface area contributed by atoms with Crippen LogP contribution in [0.2, 0.25) is 0 Å². The van der Waals surface area contributed by atoms with Crippen LogP contribution in [0.1, 0.15) is 30.2 Å². The zero-order valence-corrected chi connectivity index (χ0v) is 15.2. The Kier molecular flexibility index (Phi) is 4.55. The summed E-state index contributed by atoms with van der Waals surface area (Å²) < 4.78 is 56.7. The highest BCUT2D eigenvalue weighted by Crippen LogP contribution is 2.35. The molecule has 13 heteroatoms. The van der Waals surface area contributed by atoms with E-state index in [1.165, 1.54) is 29.1 Å². The first kappa shape index (κ1) is 17.9. The zero-order valence-electron chi connectivity index (χ0n) is 13.6. The fourth-order valence-corrected chi connectivity index (χ4v) is 4.95. The minimum atomic E-state index is -3.59. The second kappa shape index (κ2) is 6.88. The summed E-state index contributed by atoms with van der Waals surface area (Å²) in [5.41, 5.74) is 0. The number of rotatable bonds is 7. The van der Waals surface area contributed by atoms with Crippen LogP contribution in [-0.2, 0) is 16.6 Å². The van der Waals surface area contributed by atoms with Gasteiger partial charge in [0.1, 0.15) is 9.88 Å². The van der Waals surface area contributed by atoms with Gasteiger partial charge in [-0.1, -0.05) is 0 Å². The molecule has 0 unspecified atom stereocenters. The highest BCUT2D eigenvalue weighted by atomic mass is 32.2. The van der Waals surface area contributed by atoms with Gasteiger partial charge >= 0.3 is 6.43 Å². The first-order chi connectivity index (χ1) is 12.9. The summed E-state index contributed by atoms with van der Waals surface area (Å²) in [5.74, 6) is -0.679. The van der Waals surface area contributed by atoms with Crippen LogP contribution in [0.25, 0.3) is 10.8 Å². The van der Waals surface area contributed by atoms with Crippen molar-refractivity contribution >= 4 is 27.2 Å². The normalized spacial score (nSPS) is 14.6. The molecule has 142 valence electrons. The second-order valence-corrected chi connectivity index (χ2v) is 8.93. The molecular formula is C14H12F2N6O3S2. The summed E-state index contributed by atoms with van der Waals surface area (Å²) >= 11 is 1.08. The number of alkyl halides is 2. The van der Waals surface area contributed by atoms with Crippen molar-refractivity contribution < 1.29 is 21.6 Å². The van der Waals surface area contributed by atoms with E-state index in [-0.39, 0.29) is 18.3 Å². The SMILES string of the molecule is O=S(=O)(C1CC1)N(Cc1ncc(-c2nnc(C(F)F)o2)s1)c1cnccn1. The predicted molar refractivity (Wildman–Crippen MR) is 90.5 cm³/mol. The van der Waals surface area contributed by atoms with Crippen molar-refractivity contribution in [3.63, 3.8) is 0 Å². The quantitative estimate of drug-likeness (QED) is 0.579. The summed E-state index contributed by atoms with van der Waals surface area (Å²) in [6.07, 6.45) is 3.92. The lowest BCUT2D eigenvalue weighted by Gasteiger charge is -2.21. The lowest BCUT2D eigenvalue weighted by Crippen LogP contribution is -2.34. The molecular weight excluding hydrogens is 402 g/mol. The third-order valence-electron chi connectivity index (χ3n) is 3.73. The third kappa shape index (κ3) is 3.64. The van der Waals surface area contributed by atoms with E-state index in [0.717, 1.165) is 11.3 Å². The van der Waals surface area contributed by atoms with E-state index in [4.69, 9.17) is 4.42 Å². The highest BCUT2D eigenvalue weighted by molar-refractivity contribution is 7.93. The van der Waals surface area contributed by atoms with Gasteiger partial charge in [0.05, 0.1) is 24.2 Å². The van der Waals surface area contributed by atoms with Gasteiger partial charge in [-0.15, -0.1) is 21.5 Å². The number of nitrogens with zero attached hydrogens (tertiary/aromatic N) is 6. The van der Waals surface area contributed by atoms with Crippen LogP contribution in [0.3, 0.4) is 0 Å². The molecule has 1 aliphatic carbocycles. The van der Waals surface area contributed by atoms with Crippen LogP contribution < -0.4 is 4.31 Å². The summed E-state index contributed by atoms with van der Waals surface area (Å²) in [6.45, 7) is -0.0575. The molecule has 0 aliphatic heterocycles. The van der Waals surface area contributed by atoms with E-state index in [1.54, 1.807) is 0 Å². The first-order valence-electron chi connectivity index (χ1n) is 7.79. The topological polar surface area (TPSA) is 115 Å². The summed E-state index contributed by atoms with van der Waals surface area (Å²) in [7, 11) is -3.59. The van der Waals surface area contributed by atoms with E-state index in [1.807, 2.05) is 0 Å². The molecule has 0 saturated heterocycles. The molecule has 3 aromatic rings. The molecule has 0 radical (unpaired) electrons. The van der Waals surface area contributed by atoms with Crippen LogP contribution in [0.4, 0.5) is 14.6 Å². The molecule has 1 saturated carbocycles. The maximum atomic E-state index is 12.8. The van der Waals surface area contributed by atoms with Gasteiger partial charge in [-0.3, -0.25) is 4.98 Å². The molecule has 1 fully saturated rings. The van der Waals surface area contributed by atoms with Crippen molar-refractivity contribution in [1.29, 1.82) is 0 Å². The molecule has 4 rings (SSSR count). The minimum Gasteiger partial charge on any atom is -0.414 e. The number of thiazole rings is 1. The van der Waals surface area contributed by atoms with Crippen molar-refractivity contribution in [1.82, 2.24) is 25.1 Å². The summed E-state index contributed by atoms with van der Waals surface area (Å²) in [4.78, 5) is 12.5. The van der Waals surface area contributed by atoms with E-state index in [2.05, 4.69) is 25.1 Å². The van der Waals surface area contributed by atoms with Crippen LogP contribution in [-0.4, -0.2) is 38.8 Å². The second-order valence-electron chi connectivity index (χ2n) is 5.68. The Labute approximate surface area is 156 Å². The Bertz CT molecular complexity index is 1040. The lowest BCUT2D eigenvalue weighted by molar-refractivity contribution is 0.116. The van der Waals surface area contributed by atoms with Gasteiger partial charge < -0.3 is 4.42 Å². The van der Waals surface area contributed by atoms with E-state index < -0.39 is 27.6 Å². The van der Waals surface area contributed by atoms with Gasteiger partial charge in [0.2, 0.25) is 10.0 Å². The standard InChI is InChI=1S/C14H12F2N6O3S2/c15-12(16)14-21-20-13(25-14)9-5-19-11(26-9)7-22(10-6-17-3-4-18-10)27(23,24)8-1-2-8/h3-6,8,12H,1-2,7H2. The van der Waals surface area contributed by atoms with Crippen molar-refractivity contribution in [3.8, 4) is 10.8 Å². The minimum absolute atomic E-state index is 0.0575. The van der Waals surface area contributed by atoms with E-state index in [0.29, 0.717) is 22.7 Å². The van der Waals surface area contributed by atoms with Crippen molar-refractivity contribution in [2.45, 2.75) is 31.1 Å². The molecule has 9 nitrogen and oxygen atoms in total. The fraction of sp³-hybridized carbons (Fsp3) is 0.357. The summed E-state index contributed by atoms with van der Waals surface area (Å²) in [6, 6.07) is 0. The molecule has 3 heterocycles. The lowest BCUT2D eigenvalue weighted by atomic mass is 10.5. The monoisotopic (exact) mass is 414 g/mol. The van der Waals surface area contributed by atoms with Gasteiger partial charge in [0, 0.05) is 12.4 Å². The molecule has 27 heavy (non-hydrogen) atoms. The predicted octanol–water partition coefficient (Wildman–Crippen LogP) is 2.42. The molecule has 0 amide bonds. The van der Waals surface area contributed by atoms with Gasteiger partial charge in [0.15, 0.2) is 5.82 Å². The Hall–Kier alpha value is -2.54. The molecule has 0 spiro atoms. The fourth-order valence-electron chi connectivity index (χ4n) is 2.29. The number of sulfonamides is 1. The smallest absolute Gasteiger partial charge is 0.314 e. The van der Waals surface area contributed by atoms with Crippen molar-refractivity contribution in [3.05, 3.63) is 35.7 Å². The number of hydrogen-bond donors (Lipinski definition) is 0. The summed E-state index contributed by atoms with van der Waals surface area (Å²) in [5, 5.41) is 6.82. The maximum Gasteiger partial charge on any atom is 0.314 e. The van der Waals surface area contributed by atoms with Crippen molar-refractivity contribution in [2.24, 2.45) is 0 Å². The van der Waals surface area contributed by atoms with Gasteiger partial charge in [-0.05, 0) is 12.8 Å². The Balaban J connectivity index is 1.61.